The number of carbonyl (C=O) groups excluding carboxylic acids is 2. The first-order valence-electron chi connectivity index (χ1n) is 9.60. The van der Waals surface area contributed by atoms with Crippen molar-refractivity contribution in [3.8, 4) is 5.75 Å². The fraction of sp³-hybridized carbons (Fsp3) is 0.364. The molecule has 0 aliphatic carbocycles. The predicted molar refractivity (Wildman–Crippen MR) is 108 cm³/mol. The summed E-state index contributed by atoms with van der Waals surface area (Å²) in [5.41, 5.74) is 1.56. The third-order valence-corrected chi connectivity index (χ3v) is 4.72. The fourth-order valence-corrected chi connectivity index (χ4v) is 3.19. The van der Waals surface area contributed by atoms with Gasteiger partial charge in [0.2, 0.25) is 0 Å². The molecular weight excluding hydrogens is 356 g/mol. The molecular formula is C22H26N2O4. The molecule has 0 saturated carbocycles. The smallest absolute Gasteiger partial charge is 0.255 e. The van der Waals surface area contributed by atoms with Crippen LogP contribution in [0.4, 0.5) is 5.69 Å². The summed E-state index contributed by atoms with van der Waals surface area (Å²) >= 11 is 0. The number of benzene rings is 2. The van der Waals surface area contributed by atoms with Crippen LogP contribution in [-0.4, -0.2) is 50.1 Å². The normalized spacial score (nSPS) is 13.8. The van der Waals surface area contributed by atoms with Gasteiger partial charge in [-0.15, -0.1) is 0 Å². The van der Waals surface area contributed by atoms with Gasteiger partial charge in [-0.25, -0.2) is 0 Å². The molecule has 148 valence electrons. The molecule has 1 fully saturated rings. The van der Waals surface area contributed by atoms with E-state index < -0.39 is 0 Å². The van der Waals surface area contributed by atoms with E-state index in [0.29, 0.717) is 35.8 Å². The number of amides is 2. The summed E-state index contributed by atoms with van der Waals surface area (Å²) in [6.07, 6.45) is 3.21. The highest BCUT2D eigenvalue weighted by Crippen LogP contribution is 2.21. The summed E-state index contributed by atoms with van der Waals surface area (Å²) in [6.45, 7) is 2.50. The molecule has 2 aromatic carbocycles. The van der Waals surface area contributed by atoms with Crippen LogP contribution in [0.5, 0.6) is 5.75 Å². The molecule has 1 N–H and O–H groups in total. The van der Waals surface area contributed by atoms with Gasteiger partial charge in [-0.2, -0.15) is 0 Å². The van der Waals surface area contributed by atoms with Gasteiger partial charge < -0.3 is 19.7 Å². The lowest BCUT2D eigenvalue weighted by Crippen LogP contribution is -2.36. The van der Waals surface area contributed by atoms with E-state index in [0.717, 1.165) is 32.4 Å². The van der Waals surface area contributed by atoms with Gasteiger partial charge in [0.25, 0.3) is 11.8 Å². The maximum Gasteiger partial charge on any atom is 0.255 e. The van der Waals surface area contributed by atoms with Gasteiger partial charge in [-0.1, -0.05) is 12.1 Å². The Morgan fingerprint density at radius 1 is 0.964 bits per heavy atom. The Balaban J connectivity index is 1.68. The monoisotopic (exact) mass is 382 g/mol. The summed E-state index contributed by atoms with van der Waals surface area (Å²) in [4.78, 5) is 27.4. The number of hydrogen-bond donors (Lipinski definition) is 1. The number of ether oxygens (including phenoxy) is 2. The van der Waals surface area contributed by atoms with Crippen LogP contribution in [0.25, 0.3) is 0 Å². The van der Waals surface area contributed by atoms with Crippen LogP contribution in [0.2, 0.25) is 0 Å². The van der Waals surface area contributed by atoms with Gasteiger partial charge in [-0.05, 0) is 55.7 Å². The van der Waals surface area contributed by atoms with Gasteiger partial charge in [0.05, 0.1) is 17.9 Å². The molecule has 0 atom stereocenters. The molecule has 0 spiro atoms. The molecule has 1 aliphatic rings. The average Bonchev–Trinajstić information content (AvgIpc) is 2.75. The van der Waals surface area contributed by atoms with Crippen LogP contribution in [0, 0.1) is 0 Å². The van der Waals surface area contributed by atoms with E-state index in [1.165, 1.54) is 0 Å². The first-order chi connectivity index (χ1) is 13.7. The zero-order valence-electron chi connectivity index (χ0n) is 16.1. The van der Waals surface area contributed by atoms with Crippen molar-refractivity contribution in [3.05, 3.63) is 59.7 Å². The van der Waals surface area contributed by atoms with Gasteiger partial charge in [0, 0.05) is 25.8 Å². The summed E-state index contributed by atoms with van der Waals surface area (Å²) in [7, 11) is 1.62. The molecule has 28 heavy (non-hydrogen) atoms. The molecule has 6 nitrogen and oxygen atoms in total. The maximum absolute atomic E-state index is 12.9. The third kappa shape index (κ3) is 5.10. The van der Waals surface area contributed by atoms with Crippen molar-refractivity contribution in [1.82, 2.24) is 4.90 Å². The van der Waals surface area contributed by atoms with Crippen LogP contribution in [0.15, 0.2) is 48.5 Å². The number of piperidine rings is 1. The SMILES string of the molecule is COCCOc1ccc(C(=O)Nc2ccccc2C(=O)N2CCCCC2)cc1. The van der Waals surface area contributed by atoms with Gasteiger partial charge >= 0.3 is 0 Å². The van der Waals surface area contributed by atoms with E-state index in [1.807, 2.05) is 17.0 Å². The minimum absolute atomic E-state index is 0.0301. The molecule has 2 amide bonds. The largest absolute Gasteiger partial charge is 0.491 e. The second-order valence-corrected chi connectivity index (χ2v) is 6.72. The van der Waals surface area contributed by atoms with E-state index in [2.05, 4.69) is 5.32 Å². The van der Waals surface area contributed by atoms with E-state index in [1.54, 1.807) is 43.5 Å². The van der Waals surface area contributed by atoms with E-state index in [4.69, 9.17) is 9.47 Å². The van der Waals surface area contributed by atoms with Crippen LogP contribution >= 0.6 is 0 Å². The lowest BCUT2D eigenvalue weighted by molar-refractivity contribution is 0.0725. The molecule has 1 heterocycles. The number of hydrogen-bond acceptors (Lipinski definition) is 4. The van der Waals surface area contributed by atoms with Crippen molar-refractivity contribution in [1.29, 1.82) is 0 Å². The van der Waals surface area contributed by atoms with Gasteiger partial charge in [-0.3, -0.25) is 9.59 Å². The first-order valence-corrected chi connectivity index (χ1v) is 9.60. The van der Waals surface area contributed by atoms with Gasteiger partial charge in [0.15, 0.2) is 0 Å². The standard InChI is InChI=1S/C22H26N2O4/c1-27-15-16-28-18-11-9-17(10-12-18)21(25)23-20-8-4-3-7-19(20)22(26)24-13-5-2-6-14-24/h3-4,7-12H,2,5-6,13-16H2,1H3,(H,23,25). The molecule has 1 aliphatic heterocycles. The first kappa shape index (κ1) is 19.9. The Bertz CT molecular complexity index is 798. The number of anilines is 1. The number of nitrogens with one attached hydrogen (secondary N) is 1. The summed E-state index contributed by atoms with van der Waals surface area (Å²) in [6, 6.07) is 14.1. The number of methoxy groups -OCH3 is 1. The van der Waals surface area contributed by atoms with Crippen molar-refractivity contribution in [2.24, 2.45) is 0 Å². The number of nitrogens with zero attached hydrogens (tertiary/aromatic N) is 1. The molecule has 2 aromatic rings. The summed E-state index contributed by atoms with van der Waals surface area (Å²) < 4.78 is 10.5. The fourth-order valence-electron chi connectivity index (χ4n) is 3.19. The van der Waals surface area contributed by atoms with Crippen molar-refractivity contribution < 1.29 is 19.1 Å². The number of likely N-dealkylation sites (tertiary alicyclic amines) is 1. The van der Waals surface area contributed by atoms with Crippen LogP contribution in [0.1, 0.15) is 40.0 Å². The van der Waals surface area contributed by atoms with Crippen LogP contribution in [0.3, 0.4) is 0 Å². The molecule has 0 unspecified atom stereocenters. The Morgan fingerprint density at radius 3 is 2.39 bits per heavy atom. The molecule has 0 bridgehead atoms. The second kappa shape index (κ2) is 9.90. The van der Waals surface area contributed by atoms with Crippen molar-refractivity contribution >= 4 is 17.5 Å². The molecule has 3 rings (SSSR count). The Morgan fingerprint density at radius 2 is 1.68 bits per heavy atom. The summed E-state index contributed by atoms with van der Waals surface area (Å²) in [5.74, 6) is 0.383. The second-order valence-electron chi connectivity index (χ2n) is 6.72. The molecule has 0 aromatic heterocycles. The van der Waals surface area contributed by atoms with Crippen molar-refractivity contribution in [2.45, 2.75) is 19.3 Å². The number of carbonyl (C=O) groups is 2. The van der Waals surface area contributed by atoms with E-state index in [9.17, 15) is 9.59 Å². The Kier molecular flexibility index (Phi) is 7.03. The molecule has 1 saturated heterocycles. The van der Waals surface area contributed by atoms with Crippen LogP contribution in [-0.2, 0) is 4.74 Å². The zero-order chi connectivity index (χ0) is 19.8. The van der Waals surface area contributed by atoms with Crippen LogP contribution < -0.4 is 10.1 Å². The minimum atomic E-state index is -0.262. The zero-order valence-corrected chi connectivity index (χ0v) is 16.1. The maximum atomic E-state index is 12.9. The number of rotatable bonds is 7. The number of para-hydroxylation sites is 1. The van der Waals surface area contributed by atoms with Gasteiger partial charge in [0.1, 0.15) is 12.4 Å². The Hall–Kier alpha value is -2.86. The van der Waals surface area contributed by atoms with Crippen molar-refractivity contribution in [2.75, 3.05) is 38.7 Å². The third-order valence-electron chi connectivity index (χ3n) is 4.72. The highest BCUT2D eigenvalue weighted by Gasteiger charge is 2.21. The highest BCUT2D eigenvalue weighted by atomic mass is 16.5. The lowest BCUT2D eigenvalue weighted by Gasteiger charge is -2.27. The van der Waals surface area contributed by atoms with E-state index in [-0.39, 0.29) is 11.8 Å². The quantitative estimate of drug-likeness (QED) is 0.743. The summed E-state index contributed by atoms with van der Waals surface area (Å²) in [5, 5.41) is 2.87. The minimum Gasteiger partial charge on any atom is -0.491 e. The lowest BCUT2D eigenvalue weighted by atomic mass is 10.1. The predicted octanol–water partition coefficient (Wildman–Crippen LogP) is 3.59. The Labute approximate surface area is 165 Å². The van der Waals surface area contributed by atoms with Crippen molar-refractivity contribution in [3.63, 3.8) is 0 Å². The molecule has 6 heteroatoms. The topological polar surface area (TPSA) is 67.9 Å². The van der Waals surface area contributed by atoms with E-state index >= 15 is 0 Å². The highest BCUT2D eigenvalue weighted by molar-refractivity contribution is 6.09. The molecule has 0 radical (unpaired) electrons. The average molecular weight is 382 g/mol.